The quantitative estimate of drug-likeness (QED) is 0.885. The van der Waals surface area contributed by atoms with E-state index in [9.17, 15) is 9.59 Å². The number of benzene rings is 1. The molecular weight excluding hydrogens is 314 g/mol. The molecular formula is C17H24ClN3O2. The number of nitrogens with one attached hydrogen (secondary N) is 2. The smallest absolute Gasteiger partial charge is 0.237 e. The van der Waals surface area contributed by atoms with E-state index in [0.29, 0.717) is 6.42 Å². The summed E-state index contributed by atoms with van der Waals surface area (Å²) in [6.07, 6.45) is 3.51. The maximum absolute atomic E-state index is 12.2. The standard InChI is InChI=1S/C17H23N3O2.ClH/c1-12(19-17(22)15-7-3-9-18-15)13-5-2-6-14(11-13)20-10-4-8-16(20)21;/h2,5-6,11-12,15,18H,3-4,7-10H2,1H3,(H,19,22);1H. The minimum absolute atomic E-state index is 0. The SMILES string of the molecule is CC(NC(=O)C1CCCN1)c1cccc(N2CCCC2=O)c1.Cl. The van der Waals surface area contributed by atoms with E-state index in [0.717, 1.165) is 43.6 Å². The van der Waals surface area contributed by atoms with E-state index in [1.807, 2.05) is 36.1 Å². The van der Waals surface area contributed by atoms with Gasteiger partial charge in [0, 0.05) is 18.7 Å². The summed E-state index contributed by atoms with van der Waals surface area (Å²) in [6.45, 7) is 3.69. The van der Waals surface area contributed by atoms with Crippen LogP contribution in [0.2, 0.25) is 0 Å². The maximum atomic E-state index is 12.2. The number of rotatable bonds is 4. The summed E-state index contributed by atoms with van der Waals surface area (Å²) in [4.78, 5) is 25.9. The van der Waals surface area contributed by atoms with Crippen molar-refractivity contribution in [1.82, 2.24) is 10.6 Å². The van der Waals surface area contributed by atoms with Gasteiger partial charge in [0.05, 0.1) is 12.1 Å². The second kappa shape index (κ2) is 7.79. The van der Waals surface area contributed by atoms with Crippen LogP contribution in [0.5, 0.6) is 0 Å². The van der Waals surface area contributed by atoms with Crippen LogP contribution in [0.15, 0.2) is 24.3 Å². The van der Waals surface area contributed by atoms with Gasteiger partial charge in [0.1, 0.15) is 0 Å². The van der Waals surface area contributed by atoms with Gasteiger partial charge in [0.25, 0.3) is 0 Å². The molecule has 2 unspecified atom stereocenters. The second-order valence-electron chi connectivity index (χ2n) is 6.12. The van der Waals surface area contributed by atoms with E-state index in [4.69, 9.17) is 0 Å². The van der Waals surface area contributed by atoms with Gasteiger partial charge >= 0.3 is 0 Å². The van der Waals surface area contributed by atoms with E-state index in [1.165, 1.54) is 0 Å². The van der Waals surface area contributed by atoms with E-state index >= 15 is 0 Å². The molecule has 126 valence electrons. The normalized spacial score (nSPS) is 21.9. The molecule has 23 heavy (non-hydrogen) atoms. The Kier molecular flexibility index (Phi) is 6.02. The molecule has 1 aromatic carbocycles. The molecule has 2 aliphatic rings. The molecule has 0 radical (unpaired) electrons. The molecule has 2 saturated heterocycles. The van der Waals surface area contributed by atoms with Gasteiger partial charge in [-0.2, -0.15) is 0 Å². The molecule has 2 aliphatic heterocycles. The molecule has 0 spiro atoms. The van der Waals surface area contributed by atoms with E-state index in [-0.39, 0.29) is 36.3 Å². The molecule has 5 nitrogen and oxygen atoms in total. The summed E-state index contributed by atoms with van der Waals surface area (Å²) >= 11 is 0. The number of halogens is 1. The van der Waals surface area contributed by atoms with Gasteiger partial charge in [-0.25, -0.2) is 0 Å². The molecule has 1 aromatic rings. The Hall–Kier alpha value is -1.59. The highest BCUT2D eigenvalue weighted by Gasteiger charge is 2.24. The fourth-order valence-electron chi connectivity index (χ4n) is 3.19. The van der Waals surface area contributed by atoms with Gasteiger partial charge in [-0.3, -0.25) is 9.59 Å². The third kappa shape index (κ3) is 4.03. The predicted octanol–water partition coefficient (Wildman–Crippen LogP) is 2.16. The molecule has 0 aliphatic carbocycles. The van der Waals surface area contributed by atoms with Gasteiger partial charge in [0.15, 0.2) is 0 Å². The first-order chi connectivity index (χ1) is 10.6. The average Bonchev–Trinajstić information content (AvgIpc) is 3.18. The summed E-state index contributed by atoms with van der Waals surface area (Å²) < 4.78 is 0. The van der Waals surface area contributed by atoms with Crippen LogP contribution in [0.3, 0.4) is 0 Å². The minimum Gasteiger partial charge on any atom is -0.348 e. The highest BCUT2D eigenvalue weighted by Crippen LogP contribution is 2.24. The molecule has 2 atom stereocenters. The van der Waals surface area contributed by atoms with E-state index in [2.05, 4.69) is 10.6 Å². The third-order valence-corrected chi connectivity index (χ3v) is 4.49. The summed E-state index contributed by atoms with van der Waals surface area (Å²) in [5, 5.41) is 6.27. The van der Waals surface area contributed by atoms with Crippen LogP contribution in [0.4, 0.5) is 5.69 Å². The van der Waals surface area contributed by atoms with Crippen LogP contribution >= 0.6 is 12.4 Å². The Labute approximate surface area is 143 Å². The van der Waals surface area contributed by atoms with Gasteiger partial charge in [0.2, 0.25) is 11.8 Å². The first-order valence-electron chi connectivity index (χ1n) is 8.09. The summed E-state index contributed by atoms with van der Waals surface area (Å²) in [6, 6.07) is 7.79. The number of anilines is 1. The molecule has 2 heterocycles. The Bertz CT molecular complexity index is 573. The highest BCUT2D eigenvalue weighted by atomic mass is 35.5. The highest BCUT2D eigenvalue weighted by molar-refractivity contribution is 5.95. The van der Waals surface area contributed by atoms with Crippen LogP contribution in [0.1, 0.15) is 44.2 Å². The first kappa shape index (κ1) is 17.8. The van der Waals surface area contributed by atoms with Crippen LogP contribution in [0.25, 0.3) is 0 Å². The average molecular weight is 338 g/mol. The van der Waals surface area contributed by atoms with Crippen molar-refractivity contribution in [2.24, 2.45) is 0 Å². The van der Waals surface area contributed by atoms with Crippen molar-refractivity contribution in [3.05, 3.63) is 29.8 Å². The lowest BCUT2D eigenvalue weighted by atomic mass is 10.1. The van der Waals surface area contributed by atoms with Crippen molar-refractivity contribution in [2.75, 3.05) is 18.0 Å². The van der Waals surface area contributed by atoms with Gasteiger partial charge in [-0.05, 0) is 50.4 Å². The molecule has 0 bridgehead atoms. The predicted molar refractivity (Wildman–Crippen MR) is 92.9 cm³/mol. The van der Waals surface area contributed by atoms with Crippen molar-refractivity contribution in [2.45, 2.75) is 44.7 Å². The minimum atomic E-state index is -0.0641. The summed E-state index contributed by atoms with van der Waals surface area (Å²) in [5.41, 5.74) is 1.96. The fraction of sp³-hybridized carbons (Fsp3) is 0.529. The topological polar surface area (TPSA) is 61.4 Å². The molecule has 0 saturated carbocycles. The molecule has 2 N–H and O–H groups in total. The van der Waals surface area contributed by atoms with E-state index in [1.54, 1.807) is 0 Å². The van der Waals surface area contributed by atoms with Gasteiger partial charge < -0.3 is 15.5 Å². The molecule has 2 fully saturated rings. The lowest BCUT2D eigenvalue weighted by Crippen LogP contribution is -2.41. The lowest BCUT2D eigenvalue weighted by molar-refractivity contribution is -0.123. The largest absolute Gasteiger partial charge is 0.348 e. The second-order valence-corrected chi connectivity index (χ2v) is 6.12. The monoisotopic (exact) mass is 337 g/mol. The summed E-state index contributed by atoms with van der Waals surface area (Å²) in [7, 11) is 0. The van der Waals surface area contributed by atoms with Crippen molar-refractivity contribution in [1.29, 1.82) is 0 Å². The zero-order valence-corrected chi connectivity index (χ0v) is 14.2. The number of carbonyl (C=O) groups is 2. The van der Waals surface area contributed by atoms with E-state index < -0.39 is 0 Å². The lowest BCUT2D eigenvalue weighted by Gasteiger charge is -2.21. The molecule has 0 aromatic heterocycles. The summed E-state index contributed by atoms with van der Waals surface area (Å²) in [5.74, 6) is 0.247. The maximum Gasteiger partial charge on any atom is 0.237 e. The van der Waals surface area contributed by atoms with Crippen molar-refractivity contribution in [3.63, 3.8) is 0 Å². The van der Waals surface area contributed by atoms with Crippen LogP contribution < -0.4 is 15.5 Å². The van der Waals surface area contributed by atoms with Crippen LogP contribution in [-0.4, -0.2) is 30.9 Å². The molecule has 6 heteroatoms. The van der Waals surface area contributed by atoms with Gasteiger partial charge in [-0.1, -0.05) is 12.1 Å². The van der Waals surface area contributed by atoms with Gasteiger partial charge in [-0.15, -0.1) is 12.4 Å². The van der Waals surface area contributed by atoms with Crippen LogP contribution in [0, 0.1) is 0 Å². The Morgan fingerprint density at radius 1 is 1.39 bits per heavy atom. The number of hydrogen-bond donors (Lipinski definition) is 2. The third-order valence-electron chi connectivity index (χ3n) is 4.49. The fourth-order valence-corrected chi connectivity index (χ4v) is 3.19. The number of hydrogen-bond acceptors (Lipinski definition) is 3. The zero-order valence-electron chi connectivity index (χ0n) is 13.4. The Morgan fingerprint density at radius 3 is 2.87 bits per heavy atom. The number of carbonyl (C=O) groups excluding carboxylic acids is 2. The first-order valence-corrected chi connectivity index (χ1v) is 8.09. The van der Waals surface area contributed by atoms with Crippen molar-refractivity contribution >= 4 is 29.9 Å². The molecule has 3 rings (SSSR count). The Morgan fingerprint density at radius 2 is 2.22 bits per heavy atom. The zero-order chi connectivity index (χ0) is 15.5. The molecule has 2 amide bonds. The number of amides is 2. The number of nitrogens with zero attached hydrogens (tertiary/aromatic N) is 1. The van der Waals surface area contributed by atoms with Crippen LogP contribution in [-0.2, 0) is 9.59 Å². The Balaban J connectivity index is 0.00000192. The van der Waals surface area contributed by atoms with Crippen molar-refractivity contribution < 1.29 is 9.59 Å². The van der Waals surface area contributed by atoms with Crippen molar-refractivity contribution in [3.8, 4) is 0 Å².